The second-order valence-electron chi connectivity index (χ2n) is 2.43. The summed E-state index contributed by atoms with van der Waals surface area (Å²) in [7, 11) is 0. The first-order valence-electron chi connectivity index (χ1n) is 3.30. The highest BCUT2D eigenvalue weighted by atomic mass is 16.1. The van der Waals surface area contributed by atoms with Gasteiger partial charge in [-0.2, -0.15) is 5.10 Å². The van der Waals surface area contributed by atoms with Crippen LogP contribution in [0.2, 0.25) is 0 Å². The molecule has 0 fully saturated rings. The fourth-order valence-electron chi connectivity index (χ4n) is 0.973. The molecule has 0 bridgehead atoms. The minimum absolute atomic E-state index is 0.0574. The number of nitrogens with zero attached hydrogens (tertiary/aromatic N) is 2. The quantitative estimate of drug-likeness (QED) is 0.586. The molecule has 0 atom stereocenters. The topological polar surface area (TPSA) is 50.2 Å². The van der Waals surface area contributed by atoms with Gasteiger partial charge in [0.05, 0.1) is 6.20 Å². The zero-order valence-electron chi connectivity index (χ0n) is 6.03. The molecule has 0 saturated carbocycles. The molecule has 4 heteroatoms. The Morgan fingerprint density at radius 1 is 1.64 bits per heavy atom. The molecule has 2 aromatic heterocycles. The Kier molecular flexibility index (Phi) is 1.09. The monoisotopic (exact) mass is 149 g/mol. The van der Waals surface area contributed by atoms with Crippen molar-refractivity contribution in [3.8, 4) is 0 Å². The largest absolute Gasteiger partial charge is 0.307 e. The third kappa shape index (κ3) is 0.832. The van der Waals surface area contributed by atoms with E-state index in [1.165, 1.54) is 0 Å². The minimum atomic E-state index is -0.0574. The molecule has 2 heterocycles. The maximum atomic E-state index is 11.0. The normalized spacial score (nSPS) is 10.6. The number of rotatable bonds is 0. The third-order valence-electron chi connectivity index (χ3n) is 1.59. The van der Waals surface area contributed by atoms with Gasteiger partial charge in [-0.3, -0.25) is 4.79 Å². The lowest BCUT2D eigenvalue weighted by Crippen LogP contribution is -2.11. The number of hydrogen-bond donors (Lipinski definition) is 1. The van der Waals surface area contributed by atoms with E-state index in [1.54, 1.807) is 29.9 Å². The van der Waals surface area contributed by atoms with Crippen LogP contribution in [-0.4, -0.2) is 14.6 Å². The second-order valence-corrected chi connectivity index (χ2v) is 2.43. The molecule has 0 spiro atoms. The van der Waals surface area contributed by atoms with E-state index in [0.717, 1.165) is 5.65 Å². The molecular weight excluding hydrogens is 142 g/mol. The summed E-state index contributed by atoms with van der Waals surface area (Å²) in [5.74, 6) is 0. The summed E-state index contributed by atoms with van der Waals surface area (Å²) in [5.41, 5.74) is 1.33. The highest BCUT2D eigenvalue weighted by Gasteiger charge is 1.96. The van der Waals surface area contributed by atoms with Crippen LogP contribution in [0.5, 0.6) is 0 Å². The Balaban J connectivity index is 2.97. The SMILES string of the molecule is Cc1cn2nccc2[nH]c1=O. The summed E-state index contributed by atoms with van der Waals surface area (Å²) in [6.45, 7) is 1.75. The summed E-state index contributed by atoms with van der Waals surface area (Å²) >= 11 is 0. The fraction of sp³-hybridized carbons (Fsp3) is 0.143. The van der Waals surface area contributed by atoms with Crippen LogP contribution in [0.25, 0.3) is 5.65 Å². The molecular formula is C7H7N3O. The van der Waals surface area contributed by atoms with Gasteiger partial charge in [0, 0.05) is 17.8 Å². The van der Waals surface area contributed by atoms with Gasteiger partial charge in [-0.1, -0.05) is 0 Å². The average Bonchev–Trinajstić information content (AvgIpc) is 2.36. The third-order valence-corrected chi connectivity index (χ3v) is 1.59. The van der Waals surface area contributed by atoms with E-state index in [4.69, 9.17) is 0 Å². The molecule has 1 N–H and O–H groups in total. The summed E-state index contributed by atoms with van der Waals surface area (Å²) < 4.78 is 1.64. The van der Waals surface area contributed by atoms with Crippen molar-refractivity contribution in [2.45, 2.75) is 6.92 Å². The summed E-state index contributed by atoms with van der Waals surface area (Å²) in [4.78, 5) is 13.7. The van der Waals surface area contributed by atoms with E-state index in [2.05, 4.69) is 10.1 Å². The first kappa shape index (κ1) is 6.15. The molecule has 0 saturated heterocycles. The lowest BCUT2D eigenvalue weighted by atomic mass is 10.4. The van der Waals surface area contributed by atoms with E-state index >= 15 is 0 Å². The standard InChI is InChI=1S/C7H7N3O/c1-5-4-10-6(2-3-8-10)9-7(5)11/h2-4H,1H3,(H,9,11). The number of fused-ring (bicyclic) bond motifs is 1. The van der Waals surface area contributed by atoms with E-state index in [-0.39, 0.29) is 5.56 Å². The summed E-state index contributed by atoms with van der Waals surface area (Å²) in [6, 6.07) is 1.75. The number of aromatic nitrogens is 3. The maximum absolute atomic E-state index is 11.0. The summed E-state index contributed by atoms with van der Waals surface area (Å²) in [6.07, 6.45) is 3.35. The Labute approximate surface area is 62.5 Å². The minimum Gasteiger partial charge on any atom is -0.307 e. The lowest BCUT2D eigenvalue weighted by molar-refractivity contribution is 0.917. The van der Waals surface area contributed by atoms with E-state index in [0.29, 0.717) is 5.56 Å². The Morgan fingerprint density at radius 3 is 3.27 bits per heavy atom. The van der Waals surface area contributed by atoms with Gasteiger partial charge in [-0.25, -0.2) is 4.52 Å². The number of nitrogens with one attached hydrogen (secondary N) is 1. The van der Waals surface area contributed by atoms with Crippen LogP contribution < -0.4 is 5.56 Å². The van der Waals surface area contributed by atoms with E-state index in [9.17, 15) is 4.79 Å². The first-order valence-corrected chi connectivity index (χ1v) is 3.30. The van der Waals surface area contributed by atoms with Gasteiger partial charge in [0.25, 0.3) is 5.56 Å². The molecule has 2 aromatic rings. The summed E-state index contributed by atoms with van der Waals surface area (Å²) in [5, 5.41) is 3.97. The molecule has 0 radical (unpaired) electrons. The van der Waals surface area contributed by atoms with Gasteiger partial charge in [0.15, 0.2) is 0 Å². The van der Waals surface area contributed by atoms with Gasteiger partial charge >= 0.3 is 0 Å². The number of hydrogen-bond acceptors (Lipinski definition) is 2. The van der Waals surface area contributed by atoms with Crippen LogP contribution in [0.3, 0.4) is 0 Å². The van der Waals surface area contributed by atoms with E-state index < -0.39 is 0 Å². The zero-order chi connectivity index (χ0) is 7.84. The predicted molar refractivity (Wildman–Crippen MR) is 40.5 cm³/mol. The smallest absolute Gasteiger partial charge is 0.254 e. The van der Waals surface area contributed by atoms with Crippen LogP contribution in [0.4, 0.5) is 0 Å². The van der Waals surface area contributed by atoms with Crippen molar-refractivity contribution in [3.63, 3.8) is 0 Å². The molecule has 0 aliphatic rings. The molecule has 0 amide bonds. The zero-order valence-corrected chi connectivity index (χ0v) is 6.03. The molecule has 0 unspecified atom stereocenters. The van der Waals surface area contributed by atoms with Crippen LogP contribution in [0.1, 0.15) is 5.56 Å². The van der Waals surface area contributed by atoms with Crippen LogP contribution in [0.15, 0.2) is 23.3 Å². The number of aryl methyl sites for hydroxylation is 1. The maximum Gasteiger partial charge on any atom is 0.254 e. The van der Waals surface area contributed by atoms with Crippen LogP contribution in [0, 0.1) is 6.92 Å². The molecule has 11 heavy (non-hydrogen) atoms. The molecule has 0 aliphatic carbocycles. The van der Waals surface area contributed by atoms with Crippen LogP contribution >= 0.6 is 0 Å². The van der Waals surface area contributed by atoms with Gasteiger partial charge < -0.3 is 4.98 Å². The van der Waals surface area contributed by atoms with Crippen molar-refractivity contribution in [1.82, 2.24) is 14.6 Å². The average molecular weight is 149 g/mol. The van der Waals surface area contributed by atoms with Crippen molar-refractivity contribution in [1.29, 1.82) is 0 Å². The van der Waals surface area contributed by atoms with Crippen LogP contribution in [-0.2, 0) is 0 Å². The first-order chi connectivity index (χ1) is 5.27. The van der Waals surface area contributed by atoms with Gasteiger partial charge in [0.1, 0.15) is 5.65 Å². The lowest BCUT2D eigenvalue weighted by Gasteiger charge is -1.93. The molecule has 2 rings (SSSR count). The van der Waals surface area contributed by atoms with Crippen molar-refractivity contribution in [2.24, 2.45) is 0 Å². The van der Waals surface area contributed by atoms with Gasteiger partial charge in [0.2, 0.25) is 0 Å². The van der Waals surface area contributed by atoms with Crippen molar-refractivity contribution >= 4 is 5.65 Å². The highest BCUT2D eigenvalue weighted by Crippen LogP contribution is 1.94. The Morgan fingerprint density at radius 2 is 2.45 bits per heavy atom. The Hall–Kier alpha value is -1.58. The predicted octanol–water partition coefficient (Wildman–Crippen LogP) is 0.331. The highest BCUT2D eigenvalue weighted by molar-refractivity contribution is 5.35. The number of H-pyrrole nitrogens is 1. The van der Waals surface area contributed by atoms with Crippen molar-refractivity contribution in [3.05, 3.63) is 34.4 Å². The molecule has 4 nitrogen and oxygen atoms in total. The van der Waals surface area contributed by atoms with Crippen molar-refractivity contribution in [2.75, 3.05) is 0 Å². The fourth-order valence-corrected chi connectivity index (χ4v) is 0.973. The second kappa shape index (κ2) is 1.95. The van der Waals surface area contributed by atoms with Gasteiger partial charge in [-0.15, -0.1) is 0 Å². The van der Waals surface area contributed by atoms with Crippen molar-refractivity contribution < 1.29 is 0 Å². The number of aromatic amines is 1. The van der Waals surface area contributed by atoms with Gasteiger partial charge in [-0.05, 0) is 6.92 Å². The van der Waals surface area contributed by atoms with E-state index in [1.807, 2.05) is 0 Å². The molecule has 56 valence electrons. The Bertz CT molecular complexity index is 440. The molecule has 0 aromatic carbocycles. The molecule has 0 aliphatic heterocycles.